The van der Waals surface area contributed by atoms with Crippen LogP contribution in [0.3, 0.4) is 0 Å². The van der Waals surface area contributed by atoms with E-state index in [2.05, 4.69) is 0 Å². The van der Waals surface area contributed by atoms with Crippen LogP contribution in [0.2, 0.25) is 5.02 Å². The number of rotatable bonds is 2. The van der Waals surface area contributed by atoms with Gasteiger partial charge in [0, 0.05) is 12.0 Å². The molecule has 1 aromatic carbocycles. The fourth-order valence-corrected chi connectivity index (χ4v) is 1.92. The van der Waals surface area contributed by atoms with E-state index in [0.717, 1.165) is 6.42 Å². The summed E-state index contributed by atoms with van der Waals surface area (Å²) in [5.41, 5.74) is 0.596. The van der Waals surface area contributed by atoms with Crippen LogP contribution in [0.5, 0.6) is 11.5 Å². The van der Waals surface area contributed by atoms with E-state index in [1.807, 2.05) is 0 Å². The molecule has 1 unspecified atom stereocenters. The molecule has 92 valence electrons. The molecule has 0 spiro atoms. The van der Waals surface area contributed by atoms with Crippen molar-refractivity contribution in [3.05, 3.63) is 22.7 Å². The second-order valence-corrected chi connectivity index (χ2v) is 4.31. The quantitative estimate of drug-likeness (QED) is 0.884. The Hall–Kier alpha value is -1.42. The first-order valence-corrected chi connectivity index (χ1v) is 5.80. The van der Waals surface area contributed by atoms with Gasteiger partial charge < -0.3 is 14.6 Å². The van der Waals surface area contributed by atoms with Crippen LogP contribution in [0.4, 0.5) is 0 Å². The maximum Gasteiger partial charge on any atom is 0.310 e. The normalized spacial score (nSPS) is 16.1. The number of ether oxygens (including phenoxy) is 2. The highest BCUT2D eigenvalue weighted by molar-refractivity contribution is 6.32. The number of carboxylic acids is 1. The van der Waals surface area contributed by atoms with E-state index in [1.165, 1.54) is 0 Å². The summed E-state index contributed by atoms with van der Waals surface area (Å²) in [6.45, 7) is 2.64. The third-order valence-electron chi connectivity index (χ3n) is 2.71. The Morgan fingerprint density at radius 1 is 1.35 bits per heavy atom. The Balaban J connectivity index is 2.50. The number of hydrogen-bond acceptors (Lipinski definition) is 3. The van der Waals surface area contributed by atoms with Crippen molar-refractivity contribution in [1.82, 2.24) is 0 Å². The molecule has 0 fully saturated rings. The fourth-order valence-electron chi connectivity index (χ4n) is 1.72. The topological polar surface area (TPSA) is 55.8 Å². The standard InChI is InChI=1S/C12H13ClO4/c1-7(12(14)15)8-3-4-9(13)11-10(8)16-5-2-6-17-11/h3-4,7H,2,5-6H2,1H3,(H,14,15). The number of hydrogen-bond donors (Lipinski definition) is 1. The number of carbonyl (C=O) groups is 1. The van der Waals surface area contributed by atoms with Crippen LogP contribution in [0, 0.1) is 0 Å². The van der Waals surface area contributed by atoms with Crippen LogP contribution in [-0.4, -0.2) is 24.3 Å². The lowest BCUT2D eigenvalue weighted by Crippen LogP contribution is -2.09. The zero-order chi connectivity index (χ0) is 12.4. The first-order chi connectivity index (χ1) is 8.11. The molecule has 2 rings (SSSR count). The SMILES string of the molecule is CC(C(=O)O)c1ccc(Cl)c2c1OCCCO2. The van der Waals surface area contributed by atoms with Gasteiger partial charge in [-0.2, -0.15) is 0 Å². The van der Waals surface area contributed by atoms with Gasteiger partial charge in [0.25, 0.3) is 0 Å². The molecule has 0 radical (unpaired) electrons. The summed E-state index contributed by atoms with van der Waals surface area (Å²) in [5.74, 6) is -0.634. The summed E-state index contributed by atoms with van der Waals surface area (Å²) in [5, 5.41) is 9.49. The Morgan fingerprint density at radius 3 is 2.65 bits per heavy atom. The minimum absolute atomic E-state index is 0.447. The average Bonchev–Trinajstić information content (AvgIpc) is 2.54. The monoisotopic (exact) mass is 256 g/mol. The van der Waals surface area contributed by atoms with Crippen molar-refractivity contribution in [3.8, 4) is 11.5 Å². The molecule has 1 N–H and O–H groups in total. The Bertz CT molecular complexity index is 444. The van der Waals surface area contributed by atoms with Gasteiger partial charge in [0.15, 0.2) is 11.5 Å². The molecule has 0 saturated carbocycles. The predicted octanol–water partition coefficient (Wildman–Crippen LogP) is 2.69. The van der Waals surface area contributed by atoms with Crippen molar-refractivity contribution in [2.24, 2.45) is 0 Å². The van der Waals surface area contributed by atoms with E-state index in [-0.39, 0.29) is 0 Å². The Labute approximate surface area is 104 Å². The minimum atomic E-state index is -0.901. The van der Waals surface area contributed by atoms with Gasteiger partial charge in [0.05, 0.1) is 24.2 Å². The molecule has 5 heteroatoms. The second kappa shape index (κ2) is 4.84. The Kier molecular flexibility index (Phi) is 3.43. The van der Waals surface area contributed by atoms with Crippen molar-refractivity contribution in [1.29, 1.82) is 0 Å². The molecule has 0 saturated heterocycles. The maximum atomic E-state index is 11.0. The third kappa shape index (κ3) is 2.31. The second-order valence-electron chi connectivity index (χ2n) is 3.91. The van der Waals surface area contributed by atoms with Gasteiger partial charge in [0.1, 0.15) is 0 Å². The number of halogens is 1. The fraction of sp³-hybridized carbons (Fsp3) is 0.417. The van der Waals surface area contributed by atoms with E-state index in [1.54, 1.807) is 19.1 Å². The maximum absolute atomic E-state index is 11.0. The summed E-state index contributed by atoms with van der Waals surface area (Å²) >= 11 is 6.02. The molecule has 0 bridgehead atoms. The van der Waals surface area contributed by atoms with E-state index in [4.69, 9.17) is 26.2 Å². The number of benzene rings is 1. The molecule has 0 aliphatic carbocycles. The molecular formula is C12H13ClO4. The van der Waals surface area contributed by atoms with Crippen molar-refractivity contribution in [2.75, 3.05) is 13.2 Å². The largest absolute Gasteiger partial charge is 0.489 e. The molecule has 1 atom stereocenters. The molecule has 1 aromatic rings. The van der Waals surface area contributed by atoms with Crippen LogP contribution in [0.1, 0.15) is 24.8 Å². The lowest BCUT2D eigenvalue weighted by molar-refractivity contribution is -0.138. The van der Waals surface area contributed by atoms with E-state index in [9.17, 15) is 4.79 Å². The van der Waals surface area contributed by atoms with Gasteiger partial charge in [-0.05, 0) is 13.0 Å². The van der Waals surface area contributed by atoms with Gasteiger partial charge >= 0.3 is 5.97 Å². The van der Waals surface area contributed by atoms with Crippen molar-refractivity contribution >= 4 is 17.6 Å². The summed E-state index contributed by atoms with van der Waals surface area (Å²) in [6, 6.07) is 3.32. The van der Waals surface area contributed by atoms with Gasteiger partial charge in [-0.3, -0.25) is 4.79 Å². The molecule has 1 heterocycles. The van der Waals surface area contributed by atoms with Crippen LogP contribution in [0.25, 0.3) is 0 Å². The van der Waals surface area contributed by atoms with Crippen LogP contribution in [-0.2, 0) is 4.79 Å². The van der Waals surface area contributed by atoms with Crippen LogP contribution in [0.15, 0.2) is 12.1 Å². The lowest BCUT2D eigenvalue weighted by atomic mass is 10.00. The van der Waals surface area contributed by atoms with Crippen molar-refractivity contribution < 1.29 is 19.4 Å². The zero-order valence-electron chi connectivity index (χ0n) is 9.40. The van der Waals surface area contributed by atoms with E-state index >= 15 is 0 Å². The Morgan fingerprint density at radius 2 is 2.00 bits per heavy atom. The molecule has 1 aliphatic rings. The lowest BCUT2D eigenvalue weighted by Gasteiger charge is -2.16. The van der Waals surface area contributed by atoms with Crippen molar-refractivity contribution in [3.63, 3.8) is 0 Å². The van der Waals surface area contributed by atoms with Crippen LogP contribution < -0.4 is 9.47 Å². The number of carboxylic acid groups (broad SMARTS) is 1. The molecule has 0 amide bonds. The van der Waals surface area contributed by atoms with Gasteiger partial charge in [-0.25, -0.2) is 0 Å². The predicted molar refractivity (Wildman–Crippen MR) is 63.1 cm³/mol. The van der Waals surface area contributed by atoms with Gasteiger partial charge in [-0.15, -0.1) is 0 Å². The minimum Gasteiger partial charge on any atom is -0.489 e. The van der Waals surface area contributed by atoms with Gasteiger partial charge in [-0.1, -0.05) is 17.7 Å². The number of aliphatic carboxylic acids is 1. The highest BCUT2D eigenvalue weighted by atomic mass is 35.5. The van der Waals surface area contributed by atoms with E-state index in [0.29, 0.717) is 35.3 Å². The average molecular weight is 257 g/mol. The molecule has 4 nitrogen and oxygen atoms in total. The summed E-state index contributed by atoms with van der Waals surface area (Å²) < 4.78 is 11.1. The number of fused-ring (bicyclic) bond motifs is 1. The summed E-state index contributed by atoms with van der Waals surface area (Å²) in [6.07, 6.45) is 0.756. The van der Waals surface area contributed by atoms with Crippen LogP contribution >= 0.6 is 11.6 Å². The highest BCUT2D eigenvalue weighted by Crippen LogP contribution is 2.42. The highest BCUT2D eigenvalue weighted by Gasteiger charge is 2.24. The molecule has 1 aliphatic heterocycles. The zero-order valence-corrected chi connectivity index (χ0v) is 10.2. The summed E-state index contributed by atoms with van der Waals surface area (Å²) in [4.78, 5) is 11.0. The third-order valence-corrected chi connectivity index (χ3v) is 3.01. The smallest absolute Gasteiger partial charge is 0.310 e. The molecule has 0 aromatic heterocycles. The first kappa shape index (κ1) is 12.0. The van der Waals surface area contributed by atoms with Gasteiger partial charge in [0.2, 0.25) is 0 Å². The van der Waals surface area contributed by atoms with Crippen molar-refractivity contribution in [2.45, 2.75) is 19.3 Å². The first-order valence-electron chi connectivity index (χ1n) is 5.42. The molecule has 17 heavy (non-hydrogen) atoms. The summed E-state index contributed by atoms with van der Waals surface area (Å²) in [7, 11) is 0. The van der Waals surface area contributed by atoms with E-state index < -0.39 is 11.9 Å². The molecular weight excluding hydrogens is 244 g/mol.